The number of aryl methyl sites for hydroxylation is 1. The summed E-state index contributed by atoms with van der Waals surface area (Å²) in [6.07, 6.45) is 3.78. The summed E-state index contributed by atoms with van der Waals surface area (Å²) in [5.41, 5.74) is 2.83. The Bertz CT molecular complexity index is 592. The zero-order valence-corrected chi connectivity index (χ0v) is 13.6. The van der Waals surface area contributed by atoms with E-state index in [0.717, 1.165) is 12.3 Å². The Balaban J connectivity index is 2.00. The molecule has 1 heterocycles. The van der Waals surface area contributed by atoms with Gasteiger partial charge in [-0.1, -0.05) is 25.1 Å². The quantitative estimate of drug-likeness (QED) is 0.876. The molecule has 3 heteroatoms. The van der Waals surface area contributed by atoms with E-state index in [1.807, 2.05) is 17.4 Å². The summed E-state index contributed by atoms with van der Waals surface area (Å²) < 4.78 is 5.60. The first-order chi connectivity index (χ1) is 10.3. The average Bonchev–Trinajstić information content (AvgIpc) is 3.01. The van der Waals surface area contributed by atoms with Gasteiger partial charge in [-0.15, -0.1) is 11.3 Å². The SMILES string of the molecule is CCNC(c1ccccc1OC)C1CCCc2sccc21. The van der Waals surface area contributed by atoms with Crippen LogP contribution in [0.15, 0.2) is 35.7 Å². The number of ether oxygens (including phenoxy) is 1. The summed E-state index contributed by atoms with van der Waals surface area (Å²) in [4.78, 5) is 1.57. The Morgan fingerprint density at radius 3 is 3.00 bits per heavy atom. The van der Waals surface area contributed by atoms with Crippen LogP contribution in [0.25, 0.3) is 0 Å². The Morgan fingerprint density at radius 1 is 1.33 bits per heavy atom. The van der Waals surface area contributed by atoms with Gasteiger partial charge in [0, 0.05) is 22.4 Å². The lowest BCUT2D eigenvalue weighted by Crippen LogP contribution is -2.29. The van der Waals surface area contributed by atoms with E-state index in [9.17, 15) is 0 Å². The van der Waals surface area contributed by atoms with E-state index in [-0.39, 0.29) is 0 Å². The highest BCUT2D eigenvalue weighted by Gasteiger charge is 2.30. The van der Waals surface area contributed by atoms with Crippen molar-refractivity contribution in [3.05, 3.63) is 51.7 Å². The maximum absolute atomic E-state index is 5.60. The van der Waals surface area contributed by atoms with Gasteiger partial charge in [-0.25, -0.2) is 0 Å². The topological polar surface area (TPSA) is 21.3 Å². The van der Waals surface area contributed by atoms with Gasteiger partial charge >= 0.3 is 0 Å². The number of rotatable bonds is 5. The largest absolute Gasteiger partial charge is 0.496 e. The first-order valence-electron chi connectivity index (χ1n) is 7.77. The van der Waals surface area contributed by atoms with Crippen LogP contribution in [0.5, 0.6) is 5.75 Å². The van der Waals surface area contributed by atoms with Crippen LogP contribution in [-0.4, -0.2) is 13.7 Å². The summed E-state index contributed by atoms with van der Waals surface area (Å²) in [5.74, 6) is 1.54. The van der Waals surface area contributed by atoms with Crippen LogP contribution in [0.2, 0.25) is 0 Å². The van der Waals surface area contributed by atoms with E-state index in [1.165, 1.54) is 24.8 Å². The Morgan fingerprint density at radius 2 is 2.19 bits per heavy atom. The number of benzene rings is 1. The first-order valence-corrected chi connectivity index (χ1v) is 8.65. The molecule has 1 aromatic carbocycles. The van der Waals surface area contributed by atoms with E-state index in [2.05, 4.69) is 41.9 Å². The summed E-state index contributed by atoms with van der Waals surface area (Å²) >= 11 is 1.91. The van der Waals surface area contributed by atoms with Crippen molar-refractivity contribution in [1.82, 2.24) is 5.32 Å². The second-order valence-electron chi connectivity index (χ2n) is 5.58. The number of fused-ring (bicyclic) bond motifs is 1. The smallest absolute Gasteiger partial charge is 0.123 e. The fourth-order valence-electron chi connectivity index (χ4n) is 3.48. The summed E-state index contributed by atoms with van der Waals surface area (Å²) in [7, 11) is 1.76. The molecule has 0 saturated carbocycles. The predicted octanol–water partition coefficient (Wildman–Crippen LogP) is 4.53. The molecule has 0 aliphatic heterocycles. The molecule has 2 unspecified atom stereocenters. The number of likely N-dealkylation sites (N-methyl/N-ethyl adjacent to an activating group) is 1. The highest BCUT2D eigenvalue weighted by molar-refractivity contribution is 7.10. The summed E-state index contributed by atoms with van der Waals surface area (Å²) in [6, 6.07) is 11.1. The number of hydrogen-bond donors (Lipinski definition) is 1. The van der Waals surface area contributed by atoms with Crippen molar-refractivity contribution < 1.29 is 4.74 Å². The molecule has 0 saturated heterocycles. The van der Waals surface area contributed by atoms with E-state index in [4.69, 9.17) is 4.74 Å². The molecule has 0 amide bonds. The minimum atomic E-state index is 0.333. The van der Waals surface area contributed by atoms with Gasteiger partial charge in [0.05, 0.1) is 7.11 Å². The van der Waals surface area contributed by atoms with Gasteiger partial charge in [0.2, 0.25) is 0 Å². The van der Waals surface area contributed by atoms with Crippen LogP contribution < -0.4 is 10.1 Å². The standard InChI is InChI=1S/C18H23NOS/c1-3-19-18(15-7-4-5-9-16(15)20-2)14-8-6-10-17-13(14)11-12-21-17/h4-5,7,9,11-12,14,18-19H,3,6,8,10H2,1-2H3. The van der Waals surface area contributed by atoms with Gasteiger partial charge in [0.25, 0.3) is 0 Å². The average molecular weight is 301 g/mol. The van der Waals surface area contributed by atoms with Gasteiger partial charge in [0.1, 0.15) is 5.75 Å². The predicted molar refractivity (Wildman–Crippen MR) is 89.4 cm³/mol. The maximum Gasteiger partial charge on any atom is 0.123 e. The third-order valence-corrected chi connectivity index (χ3v) is 5.40. The number of hydrogen-bond acceptors (Lipinski definition) is 3. The lowest BCUT2D eigenvalue weighted by atomic mass is 9.79. The molecule has 0 spiro atoms. The minimum Gasteiger partial charge on any atom is -0.496 e. The molecular weight excluding hydrogens is 278 g/mol. The summed E-state index contributed by atoms with van der Waals surface area (Å²) in [5, 5.41) is 5.94. The highest BCUT2D eigenvalue weighted by Crippen LogP contribution is 2.44. The Labute approximate surface area is 131 Å². The molecule has 1 N–H and O–H groups in total. The molecule has 112 valence electrons. The van der Waals surface area contributed by atoms with Crippen molar-refractivity contribution in [3.63, 3.8) is 0 Å². The molecule has 0 fully saturated rings. The minimum absolute atomic E-state index is 0.333. The van der Waals surface area contributed by atoms with Crippen molar-refractivity contribution in [2.24, 2.45) is 0 Å². The van der Waals surface area contributed by atoms with E-state index >= 15 is 0 Å². The molecule has 2 nitrogen and oxygen atoms in total. The molecule has 2 atom stereocenters. The van der Waals surface area contributed by atoms with Crippen molar-refractivity contribution in [3.8, 4) is 5.75 Å². The number of nitrogens with one attached hydrogen (secondary N) is 1. The van der Waals surface area contributed by atoms with E-state index in [0.29, 0.717) is 12.0 Å². The zero-order valence-electron chi connectivity index (χ0n) is 12.8. The Kier molecular flexibility index (Phi) is 4.61. The molecule has 2 aromatic rings. The van der Waals surface area contributed by atoms with Gasteiger partial charge in [-0.3, -0.25) is 0 Å². The van der Waals surface area contributed by atoms with Crippen LogP contribution >= 0.6 is 11.3 Å². The molecule has 1 aromatic heterocycles. The van der Waals surface area contributed by atoms with Gasteiger partial charge in [0.15, 0.2) is 0 Å². The molecule has 3 rings (SSSR count). The third-order valence-electron chi connectivity index (χ3n) is 4.40. The van der Waals surface area contributed by atoms with Crippen LogP contribution in [0.3, 0.4) is 0 Å². The van der Waals surface area contributed by atoms with Crippen LogP contribution in [0, 0.1) is 0 Å². The first kappa shape index (κ1) is 14.6. The van der Waals surface area contributed by atoms with Crippen LogP contribution in [0.1, 0.15) is 47.7 Å². The van der Waals surface area contributed by atoms with E-state index in [1.54, 1.807) is 17.6 Å². The van der Waals surface area contributed by atoms with Crippen LogP contribution in [-0.2, 0) is 6.42 Å². The molecule has 0 radical (unpaired) electrons. The Hall–Kier alpha value is -1.32. The molecule has 1 aliphatic carbocycles. The lowest BCUT2D eigenvalue weighted by Gasteiger charge is -2.32. The summed E-state index contributed by atoms with van der Waals surface area (Å²) in [6.45, 7) is 3.15. The molecular formula is C18H23NOS. The maximum atomic E-state index is 5.60. The molecule has 1 aliphatic rings. The molecule has 0 bridgehead atoms. The van der Waals surface area contributed by atoms with E-state index < -0.39 is 0 Å². The van der Waals surface area contributed by atoms with Gasteiger partial charge in [-0.2, -0.15) is 0 Å². The number of methoxy groups -OCH3 is 1. The third kappa shape index (κ3) is 2.85. The highest BCUT2D eigenvalue weighted by atomic mass is 32.1. The number of para-hydroxylation sites is 1. The van der Waals surface area contributed by atoms with Crippen molar-refractivity contribution in [2.75, 3.05) is 13.7 Å². The zero-order chi connectivity index (χ0) is 14.7. The van der Waals surface area contributed by atoms with Crippen molar-refractivity contribution in [1.29, 1.82) is 0 Å². The molecule has 21 heavy (non-hydrogen) atoms. The fourth-order valence-corrected chi connectivity index (χ4v) is 4.48. The van der Waals surface area contributed by atoms with Gasteiger partial charge in [-0.05, 0) is 48.9 Å². The van der Waals surface area contributed by atoms with Crippen molar-refractivity contribution >= 4 is 11.3 Å². The monoisotopic (exact) mass is 301 g/mol. The van der Waals surface area contributed by atoms with Crippen LogP contribution in [0.4, 0.5) is 0 Å². The van der Waals surface area contributed by atoms with Gasteiger partial charge < -0.3 is 10.1 Å². The fraction of sp³-hybridized carbons (Fsp3) is 0.444. The second kappa shape index (κ2) is 6.63. The van der Waals surface area contributed by atoms with Crippen molar-refractivity contribution in [2.45, 2.75) is 38.1 Å². The second-order valence-corrected chi connectivity index (χ2v) is 6.58. The number of thiophene rings is 1. The lowest BCUT2D eigenvalue weighted by molar-refractivity contribution is 0.372. The normalized spacial score (nSPS) is 19.0.